The zero-order valence-electron chi connectivity index (χ0n) is 12.7. The van der Waals surface area contributed by atoms with E-state index in [9.17, 15) is 9.59 Å². The zero-order valence-corrected chi connectivity index (χ0v) is 13.5. The van der Waals surface area contributed by atoms with Crippen LogP contribution in [0.4, 0.5) is 5.69 Å². The minimum absolute atomic E-state index is 0.118. The van der Waals surface area contributed by atoms with Crippen molar-refractivity contribution in [3.63, 3.8) is 0 Å². The largest absolute Gasteiger partial charge is 0.355 e. The second-order valence-electron chi connectivity index (χ2n) is 5.25. The average Bonchev–Trinajstić information content (AvgIpc) is 3.31. The van der Waals surface area contributed by atoms with Crippen LogP contribution in [-0.4, -0.2) is 39.4 Å². The molecular formula is C15H17N5O2S. The monoisotopic (exact) mass is 331 g/mol. The Morgan fingerprint density at radius 2 is 2.04 bits per heavy atom. The fourth-order valence-corrected chi connectivity index (χ4v) is 2.90. The summed E-state index contributed by atoms with van der Waals surface area (Å²) < 4.78 is 2.02. The van der Waals surface area contributed by atoms with Crippen LogP contribution in [0, 0.1) is 0 Å². The van der Waals surface area contributed by atoms with Gasteiger partial charge >= 0.3 is 0 Å². The summed E-state index contributed by atoms with van der Waals surface area (Å²) in [5.74, 6) is -0.00585. The fourth-order valence-electron chi connectivity index (χ4n) is 2.11. The molecule has 0 unspecified atom stereocenters. The Balaban J connectivity index is 1.52. The van der Waals surface area contributed by atoms with Gasteiger partial charge in [0, 0.05) is 24.3 Å². The van der Waals surface area contributed by atoms with Crippen molar-refractivity contribution in [2.45, 2.75) is 24.0 Å². The number of anilines is 1. The van der Waals surface area contributed by atoms with Gasteiger partial charge in [-0.2, -0.15) is 0 Å². The summed E-state index contributed by atoms with van der Waals surface area (Å²) in [5, 5.41) is 14.1. The molecule has 2 N–H and O–H groups in total. The molecule has 7 nitrogen and oxygen atoms in total. The van der Waals surface area contributed by atoms with Crippen LogP contribution in [0.15, 0.2) is 35.7 Å². The van der Waals surface area contributed by atoms with Crippen LogP contribution in [0.5, 0.6) is 0 Å². The highest BCUT2D eigenvalue weighted by atomic mass is 32.2. The number of aromatic nitrogens is 3. The van der Waals surface area contributed by atoms with Crippen LogP contribution in [0.25, 0.3) is 0 Å². The predicted octanol–water partition coefficient (Wildman–Crippen LogP) is 1.70. The number of carbonyl (C=O) groups excluding carboxylic acids is 2. The van der Waals surface area contributed by atoms with Crippen molar-refractivity contribution < 1.29 is 9.59 Å². The molecule has 1 fully saturated rings. The normalized spacial score (nSPS) is 13.6. The van der Waals surface area contributed by atoms with Crippen LogP contribution in [0.2, 0.25) is 0 Å². The quantitative estimate of drug-likeness (QED) is 0.787. The Labute approximate surface area is 137 Å². The molecule has 1 aliphatic rings. The molecule has 3 rings (SSSR count). The van der Waals surface area contributed by atoms with Gasteiger partial charge in [-0.05, 0) is 37.1 Å². The van der Waals surface area contributed by atoms with E-state index in [-0.39, 0.29) is 17.6 Å². The summed E-state index contributed by atoms with van der Waals surface area (Å²) >= 11 is 1.37. The topological polar surface area (TPSA) is 88.9 Å². The van der Waals surface area contributed by atoms with Crippen LogP contribution >= 0.6 is 11.8 Å². The van der Waals surface area contributed by atoms with Crippen LogP contribution in [0.1, 0.15) is 29.2 Å². The van der Waals surface area contributed by atoms with Gasteiger partial charge < -0.3 is 15.2 Å². The van der Waals surface area contributed by atoms with Crippen LogP contribution in [-0.2, 0) is 4.79 Å². The first kappa shape index (κ1) is 15.5. The van der Waals surface area contributed by atoms with Crippen molar-refractivity contribution in [3.05, 3.63) is 36.2 Å². The van der Waals surface area contributed by atoms with Gasteiger partial charge in [0.15, 0.2) is 5.16 Å². The Hall–Kier alpha value is -2.35. The smallest absolute Gasteiger partial charge is 0.251 e. The maximum Gasteiger partial charge on any atom is 0.251 e. The van der Waals surface area contributed by atoms with E-state index in [0.717, 1.165) is 18.0 Å². The van der Waals surface area contributed by atoms with Gasteiger partial charge in [0.05, 0.1) is 5.75 Å². The summed E-state index contributed by atoms with van der Waals surface area (Å²) in [6.07, 6.45) is 4.01. The third-order valence-electron chi connectivity index (χ3n) is 3.47. The summed E-state index contributed by atoms with van der Waals surface area (Å²) in [4.78, 5) is 23.5. The van der Waals surface area contributed by atoms with E-state index in [1.165, 1.54) is 11.8 Å². The first-order valence-electron chi connectivity index (χ1n) is 7.31. The summed E-state index contributed by atoms with van der Waals surface area (Å²) in [7, 11) is 1.58. The molecule has 120 valence electrons. The number of amides is 2. The van der Waals surface area contributed by atoms with E-state index >= 15 is 0 Å². The first-order valence-corrected chi connectivity index (χ1v) is 8.30. The molecule has 0 atom stereocenters. The van der Waals surface area contributed by atoms with Crippen molar-refractivity contribution in [2.75, 3.05) is 18.1 Å². The molecule has 1 aromatic heterocycles. The van der Waals surface area contributed by atoms with Gasteiger partial charge in [-0.1, -0.05) is 11.8 Å². The molecule has 1 heterocycles. The zero-order chi connectivity index (χ0) is 16.2. The van der Waals surface area contributed by atoms with Gasteiger partial charge in [-0.15, -0.1) is 10.2 Å². The second-order valence-corrected chi connectivity index (χ2v) is 6.19. The SMILES string of the molecule is CNC(=O)c1ccc(NC(=O)CSc2nncn2C2CC2)cc1. The third-order valence-corrected chi connectivity index (χ3v) is 4.43. The number of rotatable bonds is 6. The average molecular weight is 331 g/mol. The highest BCUT2D eigenvalue weighted by molar-refractivity contribution is 7.99. The Kier molecular flexibility index (Phi) is 4.61. The molecule has 2 aromatic rings. The van der Waals surface area contributed by atoms with Gasteiger partial charge in [0.2, 0.25) is 5.91 Å². The van der Waals surface area contributed by atoms with Gasteiger partial charge in [-0.25, -0.2) is 0 Å². The summed E-state index contributed by atoms with van der Waals surface area (Å²) in [5.41, 5.74) is 1.21. The number of hydrogen-bond acceptors (Lipinski definition) is 5. The third kappa shape index (κ3) is 3.89. The number of carbonyl (C=O) groups is 2. The van der Waals surface area contributed by atoms with Crippen molar-refractivity contribution in [3.8, 4) is 0 Å². The van der Waals surface area contributed by atoms with E-state index in [0.29, 0.717) is 17.3 Å². The molecule has 0 aliphatic heterocycles. The first-order chi connectivity index (χ1) is 11.2. The van der Waals surface area contributed by atoms with Gasteiger partial charge in [0.25, 0.3) is 5.91 Å². The lowest BCUT2D eigenvalue weighted by molar-refractivity contribution is -0.113. The molecule has 0 bridgehead atoms. The lowest BCUT2D eigenvalue weighted by atomic mass is 10.2. The van der Waals surface area contributed by atoms with Crippen molar-refractivity contribution >= 4 is 29.3 Å². The predicted molar refractivity (Wildman–Crippen MR) is 87.5 cm³/mol. The molecule has 1 saturated carbocycles. The number of nitrogens with one attached hydrogen (secondary N) is 2. The minimum Gasteiger partial charge on any atom is -0.355 e. The molecule has 0 saturated heterocycles. The highest BCUT2D eigenvalue weighted by Gasteiger charge is 2.26. The number of thioether (sulfide) groups is 1. The molecule has 1 aromatic carbocycles. The Morgan fingerprint density at radius 1 is 1.30 bits per heavy atom. The number of nitrogens with zero attached hydrogens (tertiary/aromatic N) is 3. The molecule has 2 amide bonds. The van der Waals surface area contributed by atoms with E-state index in [2.05, 4.69) is 20.8 Å². The van der Waals surface area contributed by atoms with Crippen molar-refractivity contribution in [1.29, 1.82) is 0 Å². The molecule has 0 radical (unpaired) electrons. The number of benzene rings is 1. The summed E-state index contributed by atoms with van der Waals surface area (Å²) in [6, 6.07) is 7.25. The number of hydrogen-bond donors (Lipinski definition) is 2. The minimum atomic E-state index is -0.155. The van der Waals surface area contributed by atoms with Gasteiger partial charge in [0.1, 0.15) is 6.33 Å². The van der Waals surface area contributed by atoms with Crippen molar-refractivity contribution in [2.24, 2.45) is 0 Å². The summed E-state index contributed by atoms with van der Waals surface area (Å²) in [6.45, 7) is 0. The molecule has 0 spiro atoms. The van der Waals surface area contributed by atoms with E-state index < -0.39 is 0 Å². The molecule has 1 aliphatic carbocycles. The maximum absolute atomic E-state index is 12.0. The Morgan fingerprint density at radius 3 is 2.70 bits per heavy atom. The molecular weight excluding hydrogens is 314 g/mol. The Bertz CT molecular complexity index is 709. The maximum atomic E-state index is 12.0. The van der Waals surface area contributed by atoms with E-state index in [4.69, 9.17) is 0 Å². The second kappa shape index (κ2) is 6.82. The van der Waals surface area contributed by atoms with E-state index in [1.807, 2.05) is 4.57 Å². The highest BCUT2D eigenvalue weighted by Crippen LogP contribution is 2.37. The van der Waals surface area contributed by atoms with Crippen LogP contribution in [0.3, 0.4) is 0 Å². The van der Waals surface area contributed by atoms with Crippen molar-refractivity contribution in [1.82, 2.24) is 20.1 Å². The lowest BCUT2D eigenvalue weighted by Crippen LogP contribution is -2.18. The van der Waals surface area contributed by atoms with Gasteiger partial charge in [-0.3, -0.25) is 9.59 Å². The van der Waals surface area contributed by atoms with E-state index in [1.54, 1.807) is 37.6 Å². The fraction of sp³-hybridized carbons (Fsp3) is 0.333. The lowest BCUT2D eigenvalue weighted by Gasteiger charge is -2.07. The standard InChI is InChI=1S/C15H17N5O2S/c1-16-14(22)10-2-4-11(5-3-10)18-13(21)8-23-15-19-17-9-20(15)12-6-7-12/h2-5,9,12H,6-8H2,1H3,(H,16,22)(H,18,21). The van der Waals surface area contributed by atoms with Crippen LogP contribution < -0.4 is 10.6 Å². The molecule has 8 heteroatoms. The molecule has 23 heavy (non-hydrogen) atoms.